The van der Waals surface area contributed by atoms with Crippen molar-refractivity contribution in [1.82, 2.24) is 0 Å². The number of aliphatic hydroxyl groups excluding tert-OH is 1. The van der Waals surface area contributed by atoms with Gasteiger partial charge in [-0.15, -0.1) is 0 Å². The fourth-order valence-corrected chi connectivity index (χ4v) is 1.33. The maximum absolute atomic E-state index is 12.5. The van der Waals surface area contributed by atoms with Gasteiger partial charge in [-0.3, -0.25) is 0 Å². The minimum atomic E-state index is -4.91. The summed E-state index contributed by atoms with van der Waals surface area (Å²) in [6.45, 7) is -1.40. The molecule has 0 aliphatic heterocycles. The lowest BCUT2D eigenvalue weighted by Crippen LogP contribution is -2.45. The maximum atomic E-state index is 12.5. The van der Waals surface area contributed by atoms with Crippen molar-refractivity contribution in [2.24, 2.45) is 0 Å². The molecule has 0 fully saturated rings. The van der Waals surface area contributed by atoms with Crippen LogP contribution >= 0.6 is 15.9 Å². The Balaban J connectivity index is 3.18. The monoisotopic (exact) mass is 284 g/mol. The van der Waals surface area contributed by atoms with Crippen molar-refractivity contribution in [3.05, 3.63) is 34.3 Å². The highest BCUT2D eigenvalue weighted by molar-refractivity contribution is 9.10. The first-order valence-corrected chi connectivity index (χ1v) is 4.76. The number of aliphatic hydroxyl groups is 2. The molecule has 84 valence electrons. The van der Waals surface area contributed by atoms with Crippen LogP contribution < -0.4 is 0 Å². The van der Waals surface area contributed by atoms with Gasteiger partial charge in [-0.05, 0) is 17.7 Å². The fraction of sp³-hybridized carbons (Fsp3) is 0.333. The smallest absolute Gasteiger partial charge is 0.393 e. The van der Waals surface area contributed by atoms with Crippen molar-refractivity contribution in [3.8, 4) is 0 Å². The Kier molecular flexibility index (Phi) is 3.42. The molecule has 0 radical (unpaired) electrons. The van der Waals surface area contributed by atoms with Gasteiger partial charge in [-0.2, -0.15) is 13.2 Å². The largest absolute Gasteiger partial charge is 0.423 e. The van der Waals surface area contributed by atoms with Crippen molar-refractivity contribution < 1.29 is 23.4 Å². The van der Waals surface area contributed by atoms with E-state index in [4.69, 9.17) is 5.11 Å². The van der Waals surface area contributed by atoms with Crippen LogP contribution in [0.15, 0.2) is 28.7 Å². The molecule has 1 aromatic rings. The van der Waals surface area contributed by atoms with Crippen LogP contribution in [0.2, 0.25) is 0 Å². The highest BCUT2D eigenvalue weighted by Crippen LogP contribution is 2.38. The molecule has 15 heavy (non-hydrogen) atoms. The molecule has 0 amide bonds. The second-order valence-electron chi connectivity index (χ2n) is 3.02. The zero-order valence-electron chi connectivity index (χ0n) is 7.42. The van der Waals surface area contributed by atoms with E-state index in [-0.39, 0.29) is 5.56 Å². The summed E-state index contributed by atoms with van der Waals surface area (Å²) in [5.41, 5.74) is -3.59. The van der Waals surface area contributed by atoms with Crippen molar-refractivity contribution in [3.63, 3.8) is 0 Å². The summed E-state index contributed by atoms with van der Waals surface area (Å²) in [6, 6.07) is 4.94. The molecule has 0 spiro atoms. The number of halogens is 4. The molecule has 0 aliphatic rings. The number of rotatable bonds is 2. The molecule has 0 heterocycles. The van der Waals surface area contributed by atoms with Gasteiger partial charge in [0.25, 0.3) is 0 Å². The summed E-state index contributed by atoms with van der Waals surface area (Å²) in [7, 11) is 0. The van der Waals surface area contributed by atoms with Gasteiger partial charge < -0.3 is 10.2 Å². The van der Waals surface area contributed by atoms with Gasteiger partial charge in [0.1, 0.15) is 0 Å². The van der Waals surface area contributed by atoms with Gasteiger partial charge in [-0.25, -0.2) is 0 Å². The molecule has 2 N–H and O–H groups in total. The summed E-state index contributed by atoms with van der Waals surface area (Å²) in [4.78, 5) is 0. The average molecular weight is 285 g/mol. The van der Waals surface area contributed by atoms with E-state index in [1.165, 1.54) is 12.1 Å². The molecule has 0 saturated carbocycles. The van der Waals surface area contributed by atoms with Crippen LogP contribution in [0.3, 0.4) is 0 Å². The Morgan fingerprint density at radius 3 is 1.93 bits per heavy atom. The van der Waals surface area contributed by atoms with Crippen molar-refractivity contribution in [2.45, 2.75) is 11.8 Å². The normalized spacial score (nSPS) is 16.1. The van der Waals surface area contributed by atoms with Crippen LogP contribution in [0.1, 0.15) is 5.56 Å². The second kappa shape index (κ2) is 4.11. The zero-order chi connectivity index (χ0) is 11.7. The molecule has 1 aromatic carbocycles. The lowest BCUT2D eigenvalue weighted by atomic mass is 9.94. The van der Waals surface area contributed by atoms with E-state index < -0.39 is 18.4 Å². The van der Waals surface area contributed by atoms with E-state index in [9.17, 15) is 18.3 Å². The summed E-state index contributed by atoms with van der Waals surface area (Å²) >= 11 is 3.06. The molecule has 0 aliphatic carbocycles. The lowest BCUT2D eigenvalue weighted by Gasteiger charge is -2.28. The van der Waals surface area contributed by atoms with Gasteiger partial charge >= 0.3 is 6.18 Å². The number of alkyl halides is 3. The predicted molar refractivity (Wildman–Crippen MR) is 51.2 cm³/mol. The summed E-state index contributed by atoms with van der Waals surface area (Å²) in [5.74, 6) is 0. The van der Waals surface area contributed by atoms with Crippen molar-refractivity contribution >= 4 is 15.9 Å². The van der Waals surface area contributed by atoms with Gasteiger partial charge in [0.15, 0.2) is 0 Å². The third-order valence-corrected chi connectivity index (χ3v) is 2.55. The molecule has 0 bridgehead atoms. The minimum Gasteiger partial charge on any atom is -0.393 e. The second-order valence-corrected chi connectivity index (χ2v) is 3.94. The van der Waals surface area contributed by atoms with E-state index in [1.54, 1.807) is 0 Å². The van der Waals surface area contributed by atoms with E-state index in [2.05, 4.69) is 15.9 Å². The van der Waals surface area contributed by atoms with E-state index in [0.717, 1.165) is 12.1 Å². The lowest BCUT2D eigenvalue weighted by molar-refractivity contribution is -0.277. The Morgan fingerprint density at radius 2 is 1.60 bits per heavy atom. The predicted octanol–water partition coefficient (Wildman–Crippen LogP) is 2.19. The first-order valence-electron chi connectivity index (χ1n) is 3.97. The molecule has 6 heteroatoms. The van der Waals surface area contributed by atoms with Crippen molar-refractivity contribution in [1.29, 1.82) is 0 Å². The SMILES string of the molecule is OCC(O)(c1ccc(Br)cc1)C(F)(F)F. The first kappa shape index (κ1) is 12.5. The number of benzene rings is 1. The fourth-order valence-electron chi connectivity index (χ4n) is 1.07. The zero-order valence-corrected chi connectivity index (χ0v) is 9.01. The number of hydrogen-bond acceptors (Lipinski definition) is 2. The Hall–Kier alpha value is -0.590. The first-order chi connectivity index (χ1) is 6.81. The Labute approximate surface area is 92.5 Å². The van der Waals surface area contributed by atoms with Gasteiger partial charge in [0, 0.05) is 4.47 Å². The van der Waals surface area contributed by atoms with E-state index in [1.807, 2.05) is 0 Å². The van der Waals surface area contributed by atoms with Gasteiger partial charge in [0.05, 0.1) is 6.61 Å². The highest BCUT2D eigenvalue weighted by Gasteiger charge is 2.54. The van der Waals surface area contributed by atoms with Crippen LogP contribution in [-0.2, 0) is 5.60 Å². The number of hydrogen-bond donors (Lipinski definition) is 2. The quantitative estimate of drug-likeness (QED) is 0.874. The molecule has 2 nitrogen and oxygen atoms in total. The third-order valence-electron chi connectivity index (χ3n) is 2.02. The summed E-state index contributed by atoms with van der Waals surface area (Å²) < 4.78 is 38.0. The molecule has 0 aromatic heterocycles. The molecular weight excluding hydrogens is 277 g/mol. The van der Waals surface area contributed by atoms with Crippen LogP contribution in [0.4, 0.5) is 13.2 Å². The van der Waals surface area contributed by atoms with Crippen LogP contribution in [0, 0.1) is 0 Å². The molecule has 0 saturated heterocycles. The minimum absolute atomic E-state index is 0.388. The maximum Gasteiger partial charge on any atom is 0.423 e. The van der Waals surface area contributed by atoms with Crippen molar-refractivity contribution in [2.75, 3.05) is 6.61 Å². The molecular formula is C9H8BrF3O2. The van der Waals surface area contributed by atoms with Gasteiger partial charge in [0.2, 0.25) is 5.60 Å². The standard InChI is InChI=1S/C9H8BrF3O2/c10-7-3-1-6(2-4-7)8(15,5-14)9(11,12)13/h1-4,14-15H,5H2. The third kappa shape index (κ3) is 2.32. The summed E-state index contributed by atoms with van der Waals surface area (Å²) in [6.07, 6.45) is -4.91. The van der Waals surface area contributed by atoms with E-state index >= 15 is 0 Å². The molecule has 1 rings (SSSR count). The Bertz CT molecular complexity index is 336. The highest BCUT2D eigenvalue weighted by atomic mass is 79.9. The summed E-state index contributed by atoms with van der Waals surface area (Å²) in [5, 5.41) is 18.0. The van der Waals surface area contributed by atoms with Gasteiger partial charge in [-0.1, -0.05) is 28.1 Å². The van der Waals surface area contributed by atoms with E-state index in [0.29, 0.717) is 4.47 Å². The molecule has 1 unspecified atom stereocenters. The topological polar surface area (TPSA) is 40.5 Å². The molecule has 1 atom stereocenters. The van der Waals surface area contributed by atoms with Crippen LogP contribution in [0.5, 0.6) is 0 Å². The Morgan fingerprint density at radius 1 is 1.13 bits per heavy atom. The van der Waals surface area contributed by atoms with Crippen LogP contribution in [-0.4, -0.2) is 23.0 Å². The average Bonchev–Trinajstić information content (AvgIpc) is 2.16. The van der Waals surface area contributed by atoms with Crippen LogP contribution in [0.25, 0.3) is 0 Å².